The Kier molecular flexibility index (Phi) is 11.6. The highest BCUT2D eigenvalue weighted by Crippen LogP contribution is 2.32. The van der Waals surface area contributed by atoms with Crippen molar-refractivity contribution in [3.05, 3.63) is 118 Å². The van der Waals surface area contributed by atoms with Crippen molar-refractivity contribution in [2.45, 2.75) is 30.4 Å². The van der Waals surface area contributed by atoms with Crippen LogP contribution in [-0.2, 0) is 9.59 Å². The molecule has 3 N–H and O–H groups in total. The molecule has 0 spiro atoms. The van der Waals surface area contributed by atoms with Gasteiger partial charge in [-0.05, 0) is 79.6 Å². The molecule has 0 saturated heterocycles. The van der Waals surface area contributed by atoms with Crippen LogP contribution in [0.3, 0.4) is 0 Å². The van der Waals surface area contributed by atoms with E-state index >= 15 is 0 Å². The van der Waals surface area contributed by atoms with E-state index in [0.717, 1.165) is 20.9 Å². The first-order valence-electron chi connectivity index (χ1n) is 14.7. The number of carbonyl (C=O) groups is 3. The summed E-state index contributed by atoms with van der Waals surface area (Å²) in [6.45, 7) is 4.42. The third-order valence-electron chi connectivity index (χ3n) is 6.74. The summed E-state index contributed by atoms with van der Waals surface area (Å²) in [6, 6.07) is 26.4. The largest absolute Gasteiger partial charge is 0.494 e. The van der Waals surface area contributed by atoms with E-state index in [1.54, 1.807) is 66.7 Å². The first kappa shape index (κ1) is 34.0. The Hall–Kier alpha value is -4.35. The van der Waals surface area contributed by atoms with Crippen LogP contribution in [0.2, 0.25) is 10.0 Å². The topological polar surface area (TPSA) is 109 Å². The van der Waals surface area contributed by atoms with E-state index < -0.39 is 17.1 Å². The number of nitrogens with one attached hydrogen (secondary N) is 3. The van der Waals surface area contributed by atoms with Crippen molar-refractivity contribution < 1.29 is 19.1 Å². The summed E-state index contributed by atoms with van der Waals surface area (Å²) in [6.07, 6.45) is 2.03. The molecule has 0 radical (unpaired) electrons. The lowest BCUT2D eigenvalue weighted by Gasteiger charge is -2.15. The van der Waals surface area contributed by atoms with E-state index in [4.69, 9.17) is 27.9 Å². The lowest BCUT2D eigenvalue weighted by molar-refractivity contribution is -0.116. The van der Waals surface area contributed by atoms with Gasteiger partial charge in [0, 0.05) is 16.1 Å². The summed E-state index contributed by atoms with van der Waals surface area (Å²) < 4.78 is 6.49. The number of thiazole rings is 1. The predicted octanol–water partition coefficient (Wildman–Crippen LogP) is 8.92. The summed E-state index contributed by atoms with van der Waals surface area (Å²) >= 11 is 15.3. The normalized spacial score (nSPS) is 12.0. The second-order valence-electron chi connectivity index (χ2n) is 10.1. The molecule has 12 heteroatoms. The maximum atomic E-state index is 13.6. The number of hydrogen-bond acceptors (Lipinski definition) is 7. The van der Waals surface area contributed by atoms with Crippen molar-refractivity contribution in [1.82, 2.24) is 10.3 Å². The van der Waals surface area contributed by atoms with Crippen LogP contribution < -0.4 is 20.7 Å². The molecule has 240 valence electrons. The molecule has 47 heavy (non-hydrogen) atoms. The molecule has 1 atom stereocenters. The Morgan fingerprint density at radius 3 is 2.49 bits per heavy atom. The zero-order valence-electron chi connectivity index (χ0n) is 25.4. The maximum Gasteiger partial charge on any atom is 0.272 e. The highest BCUT2D eigenvalue weighted by Gasteiger charge is 2.21. The molecule has 1 unspecified atom stereocenters. The third kappa shape index (κ3) is 8.93. The van der Waals surface area contributed by atoms with Crippen LogP contribution >= 0.6 is 46.3 Å². The van der Waals surface area contributed by atoms with E-state index in [1.807, 2.05) is 38.1 Å². The Morgan fingerprint density at radius 2 is 1.72 bits per heavy atom. The SMILES string of the molecule is CCOc1ccc2nc(NC(=O)C(CC)Sc3cccc(NC(=O)/C(=C\c4cccc(Cl)c4Cl)NC(=O)c4ccccc4)c3)sc2c1. The van der Waals surface area contributed by atoms with Gasteiger partial charge in [-0.2, -0.15) is 0 Å². The highest BCUT2D eigenvalue weighted by molar-refractivity contribution is 8.00. The van der Waals surface area contributed by atoms with Gasteiger partial charge in [-0.1, -0.05) is 77.9 Å². The number of thioether (sulfide) groups is 1. The number of nitrogens with zero attached hydrogens (tertiary/aromatic N) is 1. The van der Waals surface area contributed by atoms with Crippen LogP contribution in [0.5, 0.6) is 5.75 Å². The van der Waals surface area contributed by atoms with E-state index in [0.29, 0.717) is 40.0 Å². The van der Waals surface area contributed by atoms with E-state index in [9.17, 15) is 14.4 Å². The summed E-state index contributed by atoms with van der Waals surface area (Å²) in [7, 11) is 0. The standard InChI is InChI=1S/C35H30Cl2N4O4S2/c1-3-29(34(44)41-35-40-27-17-16-24(45-4-2)20-30(27)47-35)46-25-14-9-13-23(19-25)38-33(43)28(18-22-12-8-15-26(36)31(22)37)39-32(42)21-10-6-5-7-11-21/h5-20,29H,3-4H2,1-2H3,(H,38,43)(H,39,42)(H,40,41,44)/b28-18+. The maximum absolute atomic E-state index is 13.6. The van der Waals surface area contributed by atoms with E-state index in [-0.39, 0.29) is 16.6 Å². The van der Waals surface area contributed by atoms with Gasteiger partial charge in [-0.25, -0.2) is 4.98 Å². The predicted molar refractivity (Wildman–Crippen MR) is 193 cm³/mol. The van der Waals surface area contributed by atoms with Crippen molar-refractivity contribution in [3.8, 4) is 5.75 Å². The minimum Gasteiger partial charge on any atom is -0.494 e. The quantitative estimate of drug-likeness (QED) is 0.0884. The average Bonchev–Trinajstić information content (AvgIpc) is 3.47. The number of amides is 3. The number of aromatic nitrogens is 1. The molecule has 5 rings (SSSR count). The number of carbonyl (C=O) groups excluding carboxylic acids is 3. The van der Waals surface area contributed by atoms with Crippen LogP contribution in [0, 0.1) is 0 Å². The second kappa shape index (κ2) is 16.0. The van der Waals surface area contributed by atoms with Gasteiger partial charge in [0.2, 0.25) is 5.91 Å². The van der Waals surface area contributed by atoms with Crippen LogP contribution in [0.15, 0.2) is 102 Å². The van der Waals surface area contributed by atoms with Crippen molar-refractivity contribution >= 4 is 91.1 Å². The molecule has 0 aliphatic heterocycles. The lowest BCUT2D eigenvalue weighted by atomic mass is 10.1. The molecular formula is C35H30Cl2N4O4S2. The Balaban J connectivity index is 1.30. The number of halogens is 2. The molecule has 1 heterocycles. The molecule has 8 nitrogen and oxygen atoms in total. The van der Waals surface area contributed by atoms with Crippen molar-refractivity contribution in [3.63, 3.8) is 0 Å². The Labute approximate surface area is 290 Å². The van der Waals surface area contributed by atoms with Gasteiger partial charge in [-0.15, -0.1) is 11.8 Å². The Bertz CT molecular complexity index is 1950. The number of ether oxygens (including phenoxy) is 1. The van der Waals surface area contributed by atoms with Crippen LogP contribution in [0.25, 0.3) is 16.3 Å². The van der Waals surface area contributed by atoms with Crippen molar-refractivity contribution in [2.75, 3.05) is 17.2 Å². The highest BCUT2D eigenvalue weighted by atomic mass is 35.5. The fourth-order valence-electron chi connectivity index (χ4n) is 4.46. The first-order valence-corrected chi connectivity index (χ1v) is 17.1. The molecule has 5 aromatic rings. The van der Waals surface area contributed by atoms with Crippen molar-refractivity contribution in [2.24, 2.45) is 0 Å². The van der Waals surface area contributed by atoms with Gasteiger partial charge in [0.1, 0.15) is 11.4 Å². The molecule has 4 aromatic carbocycles. The fourth-order valence-corrected chi connectivity index (χ4v) is 6.74. The second-order valence-corrected chi connectivity index (χ2v) is 13.2. The lowest BCUT2D eigenvalue weighted by Crippen LogP contribution is -2.30. The molecule has 0 saturated carbocycles. The van der Waals surface area contributed by atoms with Crippen LogP contribution in [0.1, 0.15) is 36.2 Å². The zero-order valence-corrected chi connectivity index (χ0v) is 28.5. The summed E-state index contributed by atoms with van der Waals surface area (Å²) in [5.41, 5.74) is 2.07. The van der Waals surface area contributed by atoms with E-state index in [1.165, 1.54) is 29.2 Å². The molecule has 0 aliphatic rings. The van der Waals surface area contributed by atoms with Gasteiger partial charge < -0.3 is 20.7 Å². The molecule has 0 bridgehead atoms. The van der Waals surface area contributed by atoms with Gasteiger partial charge in [0.25, 0.3) is 11.8 Å². The number of anilines is 2. The monoisotopic (exact) mass is 704 g/mol. The Morgan fingerprint density at radius 1 is 0.936 bits per heavy atom. The summed E-state index contributed by atoms with van der Waals surface area (Å²) in [5.74, 6) is -0.456. The number of fused-ring (bicyclic) bond motifs is 1. The number of rotatable bonds is 12. The van der Waals surface area contributed by atoms with Crippen LogP contribution in [-0.4, -0.2) is 34.6 Å². The summed E-state index contributed by atoms with van der Waals surface area (Å²) in [5, 5.41) is 9.15. The smallest absolute Gasteiger partial charge is 0.272 e. The van der Waals surface area contributed by atoms with Gasteiger partial charge in [-0.3, -0.25) is 14.4 Å². The number of hydrogen-bond donors (Lipinski definition) is 3. The molecule has 1 aromatic heterocycles. The fraction of sp³-hybridized carbons (Fsp3) is 0.143. The van der Waals surface area contributed by atoms with Crippen LogP contribution in [0.4, 0.5) is 10.8 Å². The molecule has 0 aliphatic carbocycles. The zero-order chi connectivity index (χ0) is 33.3. The van der Waals surface area contributed by atoms with Gasteiger partial charge in [0.15, 0.2) is 5.13 Å². The minimum absolute atomic E-state index is 0.0314. The van der Waals surface area contributed by atoms with Gasteiger partial charge in [0.05, 0.1) is 32.1 Å². The van der Waals surface area contributed by atoms with Crippen molar-refractivity contribution in [1.29, 1.82) is 0 Å². The number of benzene rings is 4. The molecular weight excluding hydrogens is 675 g/mol. The summed E-state index contributed by atoms with van der Waals surface area (Å²) in [4.78, 5) is 45.1. The van der Waals surface area contributed by atoms with Gasteiger partial charge >= 0.3 is 0 Å². The molecule has 0 fully saturated rings. The third-order valence-corrected chi connectivity index (χ3v) is 9.87. The first-order chi connectivity index (χ1) is 22.7. The minimum atomic E-state index is -0.569. The average molecular weight is 706 g/mol. The molecule has 3 amide bonds. The van der Waals surface area contributed by atoms with E-state index in [2.05, 4.69) is 20.9 Å².